The van der Waals surface area contributed by atoms with Crippen molar-refractivity contribution in [3.8, 4) is 17.4 Å². The van der Waals surface area contributed by atoms with Gasteiger partial charge in [-0.15, -0.1) is 0 Å². The number of nitrogens with zero attached hydrogens (tertiary/aromatic N) is 1. The van der Waals surface area contributed by atoms with Crippen LogP contribution < -0.4 is 9.47 Å². The van der Waals surface area contributed by atoms with Crippen LogP contribution in [-0.2, 0) is 0 Å². The number of alkyl halides is 2. The second kappa shape index (κ2) is 5.44. The van der Waals surface area contributed by atoms with Gasteiger partial charge in [-0.1, -0.05) is 6.07 Å². The van der Waals surface area contributed by atoms with Gasteiger partial charge < -0.3 is 9.47 Å². The first-order chi connectivity index (χ1) is 8.63. The highest BCUT2D eigenvalue weighted by atomic mass is 19.3. The summed E-state index contributed by atoms with van der Waals surface area (Å²) in [5.41, 5.74) is 0.838. The molecule has 1 aromatic carbocycles. The minimum absolute atomic E-state index is 0.0922. The molecule has 1 aromatic heterocycles. The van der Waals surface area contributed by atoms with Crippen LogP contribution in [0.1, 0.15) is 5.69 Å². The third-order valence-corrected chi connectivity index (χ3v) is 2.13. The molecule has 0 N–H and O–H groups in total. The summed E-state index contributed by atoms with van der Waals surface area (Å²) in [6, 6.07) is 11.3. The fourth-order valence-corrected chi connectivity index (χ4v) is 1.38. The number of benzene rings is 1. The van der Waals surface area contributed by atoms with Gasteiger partial charge in [-0.3, -0.25) is 0 Å². The van der Waals surface area contributed by atoms with Gasteiger partial charge >= 0.3 is 6.61 Å². The first-order valence-electron chi connectivity index (χ1n) is 5.30. The number of pyridine rings is 1. The van der Waals surface area contributed by atoms with Crippen LogP contribution in [0, 0.1) is 6.92 Å². The maximum absolute atomic E-state index is 11.9. The van der Waals surface area contributed by atoms with Crippen molar-refractivity contribution in [2.45, 2.75) is 13.5 Å². The van der Waals surface area contributed by atoms with E-state index < -0.39 is 6.61 Å². The largest absolute Gasteiger partial charge is 0.439 e. The Morgan fingerprint density at radius 2 is 1.67 bits per heavy atom. The smallest absolute Gasteiger partial charge is 0.387 e. The summed E-state index contributed by atoms with van der Waals surface area (Å²) in [7, 11) is 0. The topological polar surface area (TPSA) is 31.4 Å². The molecular weight excluding hydrogens is 240 g/mol. The number of aryl methyl sites for hydroxylation is 1. The number of ether oxygens (including phenoxy) is 2. The van der Waals surface area contributed by atoms with Crippen molar-refractivity contribution in [2.24, 2.45) is 0 Å². The van der Waals surface area contributed by atoms with Crippen LogP contribution in [0.5, 0.6) is 17.4 Å². The van der Waals surface area contributed by atoms with Gasteiger partial charge in [0.05, 0.1) is 0 Å². The van der Waals surface area contributed by atoms with E-state index in [1.54, 1.807) is 18.2 Å². The van der Waals surface area contributed by atoms with Gasteiger partial charge in [0.25, 0.3) is 0 Å². The van der Waals surface area contributed by atoms with E-state index >= 15 is 0 Å². The highest BCUT2D eigenvalue weighted by Crippen LogP contribution is 2.23. The standard InChI is InChI=1S/C13H11F2NO2/c1-9-3-2-4-12(16-9)17-10-5-7-11(8-6-10)18-13(14)15/h2-8,13H,1H3. The van der Waals surface area contributed by atoms with E-state index in [0.717, 1.165) is 5.69 Å². The van der Waals surface area contributed by atoms with E-state index in [4.69, 9.17) is 4.74 Å². The Hall–Kier alpha value is -2.17. The molecule has 94 valence electrons. The maximum Gasteiger partial charge on any atom is 0.387 e. The quantitative estimate of drug-likeness (QED) is 0.828. The molecule has 0 atom stereocenters. The Kier molecular flexibility index (Phi) is 3.72. The van der Waals surface area contributed by atoms with Gasteiger partial charge in [0.1, 0.15) is 11.5 Å². The highest BCUT2D eigenvalue weighted by Gasteiger charge is 2.04. The van der Waals surface area contributed by atoms with E-state index in [1.807, 2.05) is 19.1 Å². The molecule has 2 rings (SSSR count). The zero-order valence-electron chi connectivity index (χ0n) is 9.64. The van der Waals surface area contributed by atoms with Gasteiger partial charge in [-0.05, 0) is 37.3 Å². The molecule has 0 aliphatic carbocycles. The molecule has 0 aliphatic heterocycles. The molecular formula is C13H11F2NO2. The van der Waals surface area contributed by atoms with E-state index in [1.165, 1.54) is 12.1 Å². The Labute approximate surface area is 103 Å². The summed E-state index contributed by atoms with van der Waals surface area (Å²) in [6.45, 7) is -0.970. The third-order valence-electron chi connectivity index (χ3n) is 2.13. The molecule has 0 saturated heterocycles. The normalized spacial score (nSPS) is 10.4. The van der Waals surface area contributed by atoms with Crippen LogP contribution >= 0.6 is 0 Å². The first-order valence-corrected chi connectivity index (χ1v) is 5.30. The number of hydrogen-bond acceptors (Lipinski definition) is 3. The second-order valence-electron chi connectivity index (χ2n) is 3.57. The molecule has 3 nitrogen and oxygen atoms in total. The zero-order valence-corrected chi connectivity index (χ0v) is 9.64. The second-order valence-corrected chi connectivity index (χ2v) is 3.57. The Bertz CT molecular complexity index is 515. The van der Waals surface area contributed by atoms with Crippen molar-refractivity contribution in [1.82, 2.24) is 4.98 Å². The SMILES string of the molecule is Cc1cccc(Oc2ccc(OC(F)F)cc2)n1. The molecule has 0 spiro atoms. The number of hydrogen-bond donors (Lipinski definition) is 0. The third kappa shape index (κ3) is 3.41. The highest BCUT2D eigenvalue weighted by molar-refractivity contribution is 5.33. The number of halogens is 2. The molecule has 0 amide bonds. The predicted molar refractivity (Wildman–Crippen MR) is 62.1 cm³/mol. The molecule has 0 unspecified atom stereocenters. The fourth-order valence-electron chi connectivity index (χ4n) is 1.38. The zero-order chi connectivity index (χ0) is 13.0. The molecule has 5 heteroatoms. The predicted octanol–water partition coefficient (Wildman–Crippen LogP) is 3.78. The maximum atomic E-state index is 11.9. The van der Waals surface area contributed by atoms with Gasteiger partial charge in [0, 0.05) is 11.8 Å². The minimum Gasteiger partial charge on any atom is -0.439 e. The lowest BCUT2D eigenvalue weighted by Gasteiger charge is -2.07. The van der Waals surface area contributed by atoms with Crippen LogP contribution in [0.4, 0.5) is 8.78 Å². The summed E-state index contributed by atoms with van der Waals surface area (Å²) in [6.07, 6.45) is 0. The molecule has 0 fully saturated rings. The van der Waals surface area contributed by atoms with Crippen molar-refractivity contribution in [2.75, 3.05) is 0 Å². The Morgan fingerprint density at radius 3 is 2.28 bits per heavy atom. The summed E-state index contributed by atoms with van der Waals surface area (Å²) < 4.78 is 33.6. The summed E-state index contributed by atoms with van der Waals surface area (Å²) in [5, 5.41) is 0. The van der Waals surface area contributed by atoms with Crippen molar-refractivity contribution < 1.29 is 18.3 Å². The number of rotatable bonds is 4. The van der Waals surface area contributed by atoms with Gasteiger partial charge in [-0.2, -0.15) is 8.78 Å². The van der Waals surface area contributed by atoms with Crippen LogP contribution in [0.25, 0.3) is 0 Å². The molecule has 0 radical (unpaired) electrons. The van der Waals surface area contributed by atoms with Gasteiger partial charge in [0.2, 0.25) is 5.88 Å². The van der Waals surface area contributed by atoms with E-state index in [2.05, 4.69) is 9.72 Å². The van der Waals surface area contributed by atoms with Crippen LogP contribution in [0.2, 0.25) is 0 Å². The van der Waals surface area contributed by atoms with Crippen molar-refractivity contribution in [1.29, 1.82) is 0 Å². The van der Waals surface area contributed by atoms with E-state index in [0.29, 0.717) is 11.6 Å². The van der Waals surface area contributed by atoms with Crippen molar-refractivity contribution >= 4 is 0 Å². The Morgan fingerprint density at radius 1 is 1.00 bits per heavy atom. The molecule has 2 aromatic rings. The molecule has 0 bridgehead atoms. The first kappa shape index (κ1) is 12.3. The van der Waals surface area contributed by atoms with Crippen LogP contribution in [0.3, 0.4) is 0 Å². The molecule has 0 saturated carbocycles. The summed E-state index contributed by atoms with van der Waals surface area (Å²) >= 11 is 0. The van der Waals surface area contributed by atoms with Crippen LogP contribution in [-0.4, -0.2) is 11.6 Å². The average Bonchev–Trinajstić information content (AvgIpc) is 2.31. The lowest BCUT2D eigenvalue weighted by Crippen LogP contribution is -2.01. The molecule has 18 heavy (non-hydrogen) atoms. The number of aromatic nitrogens is 1. The Balaban J connectivity index is 2.06. The minimum atomic E-state index is -2.82. The summed E-state index contributed by atoms with van der Waals surface area (Å²) in [4.78, 5) is 4.17. The van der Waals surface area contributed by atoms with Gasteiger partial charge in [0.15, 0.2) is 0 Å². The van der Waals surface area contributed by atoms with Crippen molar-refractivity contribution in [3.05, 3.63) is 48.2 Å². The molecule has 0 aliphatic rings. The monoisotopic (exact) mass is 251 g/mol. The van der Waals surface area contributed by atoms with Gasteiger partial charge in [-0.25, -0.2) is 4.98 Å². The molecule has 1 heterocycles. The summed E-state index contributed by atoms with van der Waals surface area (Å²) in [5.74, 6) is 1.06. The average molecular weight is 251 g/mol. The fraction of sp³-hybridized carbons (Fsp3) is 0.154. The lowest BCUT2D eigenvalue weighted by atomic mass is 10.3. The van der Waals surface area contributed by atoms with E-state index in [-0.39, 0.29) is 5.75 Å². The van der Waals surface area contributed by atoms with E-state index in [9.17, 15) is 8.78 Å². The van der Waals surface area contributed by atoms with Crippen molar-refractivity contribution in [3.63, 3.8) is 0 Å². The lowest BCUT2D eigenvalue weighted by molar-refractivity contribution is -0.0498. The van der Waals surface area contributed by atoms with Crippen LogP contribution in [0.15, 0.2) is 42.5 Å².